The molecule has 0 spiro atoms. The number of aromatic nitrogens is 6. The van der Waals surface area contributed by atoms with Gasteiger partial charge in [-0.1, -0.05) is 42.5 Å². The molecule has 0 aliphatic heterocycles. The number of amides is 1. The highest BCUT2D eigenvalue weighted by molar-refractivity contribution is 6.18. The first kappa shape index (κ1) is 19.4. The summed E-state index contributed by atoms with van der Waals surface area (Å²) in [5.74, 6) is 1.32. The number of aryl methyl sites for hydroxylation is 1. The molecule has 1 N–H and O–H groups in total. The molecule has 5 rings (SSSR count). The van der Waals surface area contributed by atoms with E-state index in [1.54, 1.807) is 24.5 Å². The molecule has 3 aromatic heterocycles. The van der Waals surface area contributed by atoms with Crippen molar-refractivity contribution in [3.63, 3.8) is 0 Å². The first-order valence-electron chi connectivity index (χ1n) is 9.98. The van der Waals surface area contributed by atoms with Gasteiger partial charge in [-0.15, -0.1) is 5.10 Å². The van der Waals surface area contributed by atoms with Crippen LogP contribution in [0.5, 0.6) is 0 Å². The van der Waals surface area contributed by atoms with Crippen molar-refractivity contribution < 1.29 is 9.21 Å². The van der Waals surface area contributed by atoms with Gasteiger partial charge in [0.05, 0.1) is 23.8 Å². The monoisotopic (exact) mass is 425 g/mol. The van der Waals surface area contributed by atoms with Crippen molar-refractivity contribution in [2.45, 2.75) is 6.54 Å². The van der Waals surface area contributed by atoms with E-state index in [0.29, 0.717) is 11.6 Å². The second-order valence-electron chi connectivity index (χ2n) is 7.08. The Morgan fingerprint density at radius 3 is 2.66 bits per heavy atom. The molecule has 9 heteroatoms. The van der Waals surface area contributed by atoms with Crippen molar-refractivity contribution in [1.29, 1.82) is 0 Å². The molecule has 0 fully saturated rings. The third-order valence-corrected chi connectivity index (χ3v) is 5.07. The minimum atomic E-state index is -0.363. The summed E-state index contributed by atoms with van der Waals surface area (Å²) in [6.07, 6.45) is 3.14. The number of para-hydroxylation sites is 2. The maximum Gasteiger partial charge on any atom is 0.270 e. The lowest BCUT2D eigenvalue weighted by atomic mass is 10.2. The van der Waals surface area contributed by atoms with Crippen LogP contribution in [-0.2, 0) is 18.4 Å². The van der Waals surface area contributed by atoms with Crippen LogP contribution in [0.4, 0.5) is 0 Å². The smallest absolute Gasteiger partial charge is 0.270 e. The number of imidazole rings is 1. The third kappa shape index (κ3) is 3.67. The summed E-state index contributed by atoms with van der Waals surface area (Å²) < 4.78 is 8.79. The van der Waals surface area contributed by atoms with E-state index in [9.17, 15) is 4.79 Å². The van der Waals surface area contributed by atoms with Crippen LogP contribution in [0.1, 0.15) is 11.6 Å². The molecule has 2 aromatic carbocycles. The van der Waals surface area contributed by atoms with Gasteiger partial charge in [0.25, 0.3) is 5.91 Å². The van der Waals surface area contributed by atoms with E-state index in [1.165, 1.54) is 4.68 Å². The fourth-order valence-electron chi connectivity index (χ4n) is 3.45. The molecule has 3 heterocycles. The van der Waals surface area contributed by atoms with Gasteiger partial charge in [-0.05, 0) is 34.7 Å². The third-order valence-electron chi connectivity index (χ3n) is 5.07. The highest BCUT2D eigenvalue weighted by Crippen LogP contribution is 2.21. The topological polar surface area (TPSA) is 104 Å². The van der Waals surface area contributed by atoms with Gasteiger partial charge < -0.3 is 14.3 Å². The molecule has 0 unspecified atom stereocenters. The first-order chi connectivity index (χ1) is 15.7. The van der Waals surface area contributed by atoms with Crippen LogP contribution in [0.25, 0.3) is 34.2 Å². The van der Waals surface area contributed by atoms with Gasteiger partial charge in [-0.25, -0.2) is 4.98 Å². The van der Waals surface area contributed by atoms with Crippen molar-refractivity contribution in [2.24, 2.45) is 7.05 Å². The summed E-state index contributed by atoms with van der Waals surface area (Å²) in [5.41, 5.74) is 2.88. The predicted octanol–water partition coefficient (Wildman–Crippen LogP) is 3.13. The number of nitrogens with one attached hydrogen (secondary N) is 1. The van der Waals surface area contributed by atoms with Gasteiger partial charge in [0.1, 0.15) is 17.3 Å². The Hall–Kier alpha value is -4.53. The highest BCUT2D eigenvalue weighted by Gasteiger charge is 2.20. The number of rotatable bonds is 6. The van der Waals surface area contributed by atoms with Gasteiger partial charge in [0.15, 0.2) is 5.82 Å². The molecule has 0 radical (unpaired) electrons. The minimum absolute atomic E-state index is 0.225. The zero-order valence-corrected chi connectivity index (χ0v) is 17.2. The molecule has 0 atom stereocenters. The molecule has 158 valence electrons. The Morgan fingerprint density at radius 2 is 1.88 bits per heavy atom. The van der Waals surface area contributed by atoms with Crippen LogP contribution >= 0.6 is 0 Å². The number of nitrogens with zero attached hydrogens (tertiary/aromatic N) is 6. The molecule has 0 saturated heterocycles. The van der Waals surface area contributed by atoms with Crippen molar-refractivity contribution >= 4 is 28.7 Å². The molecule has 1 amide bonds. The molecule has 32 heavy (non-hydrogen) atoms. The zero-order valence-electron chi connectivity index (χ0n) is 17.2. The number of furan rings is 1. The molecule has 5 aromatic rings. The molecule has 0 aliphatic rings. The van der Waals surface area contributed by atoms with Crippen molar-refractivity contribution in [3.05, 3.63) is 84.6 Å². The quantitative estimate of drug-likeness (QED) is 0.419. The van der Waals surface area contributed by atoms with E-state index in [0.717, 1.165) is 22.4 Å². The Bertz CT molecular complexity index is 1400. The van der Waals surface area contributed by atoms with Crippen molar-refractivity contribution in [2.75, 3.05) is 0 Å². The molecule has 0 bridgehead atoms. The second-order valence-corrected chi connectivity index (χ2v) is 7.08. The van der Waals surface area contributed by atoms with Crippen LogP contribution in [-0.4, -0.2) is 35.7 Å². The van der Waals surface area contributed by atoms with E-state index in [1.807, 2.05) is 66.2 Å². The summed E-state index contributed by atoms with van der Waals surface area (Å²) in [6, 6.07) is 20.8. The SMILES string of the molecule is Cn1c(CNC(=O)/C(=C/c2ccco2)n2nnnc2-c2ccccc2)nc2ccccc21. The number of hydrogen-bond acceptors (Lipinski definition) is 6. The van der Waals surface area contributed by atoms with Crippen LogP contribution in [0, 0.1) is 0 Å². The summed E-state index contributed by atoms with van der Waals surface area (Å²) in [4.78, 5) is 17.9. The number of carbonyl (C=O) groups is 1. The maximum atomic E-state index is 13.3. The molecule has 0 saturated carbocycles. The van der Waals surface area contributed by atoms with Crippen LogP contribution in [0.15, 0.2) is 77.4 Å². The lowest BCUT2D eigenvalue weighted by Gasteiger charge is -2.10. The molecule has 0 aliphatic carbocycles. The lowest BCUT2D eigenvalue weighted by Crippen LogP contribution is -2.28. The van der Waals surface area contributed by atoms with Crippen molar-refractivity contribution in [3.8, 4) is 11.4 Å². The van der Waals surface area contributed by atoms with Crippen LogP contribution in [0.3, 0.4) is 0 Å². The Balaban J connectivity index is 1.48. The fraction of sp³-hybridized carbons (Fsp3) is 0.0870. The Morgan fingerprint density at radius 1 is 1.06 bits per heavy atom. The van der Waals surface area contributed by atoms with Gasteiger partial charge in [0, 0.05) is 18.7 Å². The number of carbonyl (C=O) groups excluding carboxylic acids is 1. The van der Waals surface area contributed by atoms with E-state index in [2.05, 4.69) is 25.8 Å². The largest absolute Gasteiger partial charge is 0.465 e. The van der Waals surface area contributed by atoms with Crippen molar-refractivity contribution in [1.82, 2.24) is 35.1 Å². The number of benzene rings is 2. The van der Waals surface area contributed by atoms with Crippen LogP contribution in [0.2, 0.25) is 0 Å². The molecular formula is C23H19N7O2. The summed E-state index contributed by atoms with van der Waals surface area (Å²) in [7, 11) is 1.92. The van der Waals surface area contributed by atoms with Gasteiger partial charge in [0.2, 0.25) is 0 Å². The number of fused-ring (bicyclic) bond motifs is 1. The fourth-order valence-corrected chi connectivity index (χ4v) is 3.45. The molecule has 9 nitrogen and oxygen atoms in total. The normalized spacial score (nSPS) is 11.7. The standard InChI is InChI=1S/C23H19N7O2/c1-29-19-12-6-5-11-18(19)25-21(29)15-24-23(31)20(14-17-10-7-13-32-17)30-22(26-27-28-30)16-8-3-2-4-9-16/h2-14H,15H2,1H3,(H,24,31)/b20-14-. The van der Waals surface area contributed by atoms with Crippen LogP contribution < -0.4 is 5.32 Å². The maximum absolute atomic E-state index is 13.3. The van der Waals surface area contributed by atoms with E-state index in [4.69, 9.17) is 4.42 Å². The summed E-state index contributed by atoms with van der Waals surface area (Å²) >= 11 is 0. The minimum Gasteiger partial charge on any atom is -0.465 e. The number of tetrazole rings is 1. The lowest BCUT2D eigenvalue weighted by molar-refractivity contribution is -0.116. The highest BCUT2D eigenvalue weighted by atomic mass is 16.3. The summed E-state index contributed by atoms with van der Waals surface area (Å²) in [5, 5.41) is 14.9. The Labute approximate surface area is 183 Å². The molecular weight excluding hydrogens is 406 g/mol. The average Bonchev–Trinajstić information content (AvgIpc) is 3.58. The number of hydrogen-bond donors (Lipinski definition) is 1. The average molecular weight is 425 g/mol. The first-order valence-corrected chi connectivity index (χ1v) is 9.98. The summed E-state index contributed by atoms with van der Waals surface area (Å²) in [6.45, 7) is 0.238. The van der Waals surface area contributed by atoms with Gasteiger partial charge >= 0.3 is 0 Å². The predicted molar refractivity (Wildman–Crippen MR) is 119 cm³/mol. The van der Waals surface area contributed by atoms with E-state index < -0.39 is 0 Å². The second kappa shape index (κ2) is 8.31. The zero-order chi connectivity index (χ0) is 21.9. The Kier molecular flexibility index (Phi) is 5.04. The van der Waals surface area contributed by atoms with E-state index >= 15 is 0 Å². The van der Waals surface area contributed by atoms with Gasteiger partial charge in [-0.2, -0.15) is 4.68 Å². The van der Waals surface area contributed by atoms with E-state index in [-0.39, 0.29) is 18.1 Å². The van der Waals surface area contributed by atoms with Gasteiger partial charge in [-0.3, -0.25) is 4.79 Å².